The third-order valence-corrected chi connectivity index (χ3v) is 11.1. The van der Waals surface area contributed by atoms with E-state index in [-0.39, 0.29) is 46.1 Å². The third kappa shape index (κ3) is 4.36. The van der Waals surface area contributed by atoms with E-state index in [4.69, 9.17) is 23.2 Å². The molecule has 3 fully saturated rings. The van der Waals surface area contributed by atoms with Crippen LogP contribution in [0, 0.1) is 23.6 Å². The zero-order valence-corrected chi connectivity index (χ0v) is 25.8. The molecule has 2 aromatic rings. The number of carbonyl (C=O) groups is 4. The van der Waals surface area contributed by atoms with Crippen LogP contribution in [0.15, 0.2) is 48.0 Å². The fourth-order valence-electron chi connectivity index (χ4n) is 7.19. The molecule has 4 amide bonds. The average molecular weight is 758 g/mol. The number of benzene rings is 2. The van der Waals surface area contributed by atoms with Crippen LogP contribution in [-0.2, 0) is 31.5 Å². The van der Waals surface area contributed by atoms with Gasteiger partial charge >= 0.3 is 12.4 Å². The van der Waals surface area contributed by atoms with Crippen molar-refractivity contribution < 1.29 is 55.0 Å². The lowest BCUT2D eigenvalue weighted by atomic mass is 9.56. The van der Waals surface area contributed by atoms with Gasteiger partial charge in [-0.1, -0.05) is 39.7 Å². The standard InChI is InChI=1S/C29H18BrCl2F7N2O5/c30-10-40-24(45)26(31)9-17-14(20(27(26,32)25(40)46)16-2-1-3-18(33)21(16)42)4-5-15-19(17)23(44)41(22(15)43)13-7-11(28(34,35)36)6-12(8-13)29(37,38)39/h1-4,6-8,15,17,19-20,42H,5,9-10H2. The number of amides is 4. The maximum Gasteiger partial charge on any atom is 0.416 e. The minimum Gasteiger partial charge on any atom is -0.505 e. The van der Waals surface area contributed by atoms with Crippen molar-refractivity contribution in [2.75, 3.05) is 10.4 Å². The highest BCUT2D eigenvalue weighted by Gasteiger charge is 2.76. The summed E-state index contributed by atoms with van der Waals surface area (Å²) < 4.78 is 96.4. The molecule has 6 unspecified atom stereocenters. The van der Waals surface area contributed by atoms with Gasteiger partial charge in [0.05, 0.1) is 34.1 Å². The van der Waals surface area contributed by atoms with Crippen LogP contribution >= 0.6 is 39.1 Å². The Bertz CT molecular complexity index is 1740. The Hall–Kier alpha value is -3.17. The second-order valence-electron chi connectivity index (χ2n) is 11.4. The maximum atomic E-state index is 14.7. The Labute approximate surface area is 273 Å². The zero-order chi connectivity index (χ0) is 33.9. The molecule has 0 bridgehead atoms. The van der Waals surface area contributed by atoms with Crippen LogP contribution in [0.1, 0.15) is 35.4 Å². The normalized spacial score (nSPS) is 31.2. The Balaban J connectivity index is 1.52. The number of aromatic hydroxyl groups is 1. The van der Waals surface area contributed by atoms with Crippen molar-refractivity contribution in [2.45, 2.75) is 40.9 Å². The van der Waals surface area contributed by atoms with Gasteiger partial charge in [0.25, 0.3) is 11.8 Å². The van der Waals surface area contributed by atoms with Gasteiger partial charge in [-0.25, -0.2) is 9.29 Å². The minimum absolute atomic E-state index is 0.119. The first-order valence-corrected chi connectivity index (χ1v) is 15.3. The molecule has 0 aromatic heterocycles. The monoisotopic (exact) mass is 756 g/mol. The summed E-state index contributed by atoms with van der Waals surface area (Å²) >= 11 is 17.0. The summed E-state index contributed by atoms with van der Waals surface area (Å²) in [6.07, 6.45) is -9.98. The molecule has 0 radical (unpaired) electrons. The fraction of sp³-hybridized carbons (Fsp3) is 0.379. The quantitative estimate of drug-likeness (QED) is 0.127. The van der Waals surface area contributed by atoms with Crippen LogP contribution in [0.3, 0.4) is 0 Å². The van der Waals surface area contributed by atoms with Gasteiger partial charge in [-0.15, -0.1) is 23.2 Å². The number of anilines is 1. The number of likely N-dealkylation sites (tertiary alicyclic amines) is 1. The van der Waals surface area contributed by atoms with E-state index in [2.05, 4.69) is 15.9 Å². The van der Waals surface area contributed by atoms with Crippen LogP contribution in [0.2, 0.25) is 0 Å². The summed E-state index contributed by atoms with van der Waals surface area (Å²) in [5, 5.41) is 10.8. The molecule has 17 heteroatoms. The van der Waals surface area contributed by atoms with E-state index in [1.165, 1.54) is 18.2 Å². The number of imide groups is 2. The van der Waals surface area contributed by atoms with Crippen molar-refractivity contribution in [3.8, 4) is 5.75 Å². The predicted molar refractivity (Wildman–Crippen MR) is 150 cm³/mol. The Morgan fingerprint density at radius 1 is 0.913 bits per heavy atom. The largest absolute Gasteiger partial charge is 0.505 e. The number of hydrogen-bond donors (Lipinski definition) is 1. The van der Waals surface area contributed by atoms with Crippen LogP contribution in [-0.4, -0.2) is 48.8 Å². The molecule has 2 heterocycles. The molecule has 4 aliphatic rings. The zero-order valence-electron chi connectivity index (χ0n) is 22.7. The number of para-hydroxylation sites is 1. The minimum atomic E-state index is -5.27. The molecule has 6 rings (SSSR count). The molecule has 244 valence electrons. The Kier molecular flexibility index (Phi) is 7.42. The van der Waals surface area contributed by atoms with E-state index in [1.807, 2.05) is 0 Å². The van der Waals surface area contributed by atoms with Crippen LogP contribution in [0.25, 0.3) is 0 Å². The molecule has 2 saturated heterocycles. The second-order valence-corrected chi connectivity index (χ2v) is 13.2. The highest BCUT2D eigenvalue weighted by atomic mass is 79.9. The van der Waals surface area contributed by atoms with Gasteiger partial charge in [0.15, 0.2) is 21.3 Å². The lowest BCUT2D eigenvalue weighted by Gasteiger charge is -2.50. The summed E-state index contributed by atoms with van der Waals surface area (Å²) in [7, 11) is 0. The summed E-state index contributed by atoms with van der Waals surface area (Å²) in [5.74, 6) is -11.9. The highest BCUT2D eigenvalue weighted by Crippen LogP contribution is 2.66. The van der Waals surface area contributed by atoms with Crippen LogP contribution in [0.5, 0.6) is 5.75 Å². The number of hydrogen-bond acceptors (Lipinski definition) is 5. The maximum absolute atomic E-state index is 14.7. The number of fused-ring (bicyclic) bond motifs is 4. The van der Waals surface area contributed by atoms with Gasteiger partial charge in [-0.2, -0.15) is 26.3 Å². The first-order chi connectivity index (χ1) is 21.3. The van der Waals surface area contributed by atoms with E-state index in [9.17, 15) is 55.0 Å². The number of allylic oxidation sites excluding steroid dienone is 2. The Morgan fingerprint density at radius 3 is 2.09 bits per heavy atom. The summed E-state index contributed by atoms with van der Waals surface area (Å²) in [6.45, 7) is 0. The van der Waals surface area contributed by atoms with E-state index in [0.29, 0.717) is 4.90 Å². The van der Waals surface area contributed by atoms with Crippen molar-refractivity contribution in [3.63, 3.8) is 0 Å². The number of alkyl halides is 9. The topological polar surface area (TPSA) is 95.0 Å². The van der Waals surface area contributed by atoms with Gasteiger partial charge in [0.1, 0.15) is 0 Å². The van der Waals surface area contributed by atoms with E-state index < -0.39 is 104 Å². The molecule has 6 atom stereocenters. The van der Waals surface area contributed by atoms with Gasteiger partial charge in [-0.05, 0) is 43.0 Å². The summed E-state index contributed by atoms with van der Waals surface area (Å²) in [5.41, 5.74) is -4.98. The fourth-order valence-corrected chi connectivity index (χ4v) is 8.60. The van der Waals surface area contributed by atoms with Gasteiger partial charge in [0, 0.05) is 11.5 Å². The number of carbonyl (C=O) groups excluding carboxylic acids is 4. The first kappa shape index (κ1) is 32.8. The van der Waals surface area contributed by atoms with E-state index in [0.717, 1.165) is 6.07 Å². The number of phenols is 1. The van der Waals surface area contributed by atoms with Gasteiger partial charge < -0.3 is 5.11 Å². The smallest absolute Gasteiger partial charge is 0.416 e. The molecule has 2 aliphatic carbocycles. The number of halogens is 10. The average Bonchev–Trinajstić information content (AvgIpc) is 3.31. The molecule has 2 aromatic carbocycles. The first-order valence-electron chi connectivity index (χ1n) is 13.4. The van der Waals surface area contributed by atoms with Crippen molar-refractivity contribution in [1.29, 1.82) is 0 Å². The summed E-state index contributed by atoms with van der Waals surface area (Å²) in [4.78, 5) is 51.2. The lowest BCUT2D eigenvalue weighted by Crippen LogP contribution is -2.60. The number of phenolic OH excluding ortho intramolecular Hbond substituents is 1. The molecule has 1 N–H and O–H groups in total. The predicted octanol–water partition coefficient (Wildman–Crippen LogP) is 6.48. The molecule has 2 aliphatic heterocycles. The van der Waals surface area contributed by atoms with E-state index >= 15 is 0 Å². The van der Waals surface area contributed by atoms with Crippen molar-refractivity contribution in [3.05, 3.63) is 70.6 Å². The van der Waals surface area contributed by atoms with Crippen molar-refractivity contribution >= 4 is 68.4 Å². The van der Waals surface area contributed by atoms with Crippen molar-refractivity contribution in [1.82, 2.24) is 4.90 Å². The second kappa shape index (κ2) is 10.4. The highest BCUT2D eigenvalue weighted by molar-refractivity contribution is 9.09. The van der Waals surface area contributed by atoms with E-state index in [1.54, 1.807) is 0 Å². The SMILES string of the molecule is O=C1C2CC=C3C(CC4(Cl)C(=O)N(CBr)C(=O)C4(Cl)C3c3cccc(F)c3O)C2C(=O)N1c1cc(C(F)(F)F)cc(C(F)(F)F)c1. The number of rotatable bonds is 3. The number of nitrogens with zero attached hydrogens (tertiary/aromatic N) is 2. The van der Waals surface area contributed by atoms with Gasteiger partial charge in [-0.3, -0.25) is 24.1 Å². The molecular formula is C29H18BrCl2F7N2O5. The third-order valence-electron chi connectivity index (χ3n) is 9.17. The van der Waals surface area contributed by atoms with Crippen LogP contribution < -0.4 is 4.90 Å². The molecule has 0 spiro atoms. The molecule has 46 heavy (non-hydrogen) atoms. The molecule has 7 nitrogen and oxygen atoms in total. The van der Waals surface area contributed by atoms with Gasteiger partial charge in [0.2, 0.25) is 11.8 Å². The summed E-state index contributed by atoms with van der Waals surface area (Å²) in [6, 6.07) is 3.69. The lowest BCUT2D eigenvalue weighted by molar-refractivity contribution is -0.143. The Morgan fingerprint density at radius 2 is 1.52 bits per heavy atom. The van der Waals surface area contributed by atoms with Crippen molar-refractivity contribution in [2.24, 2.45) is 17.8 Å². The molecule has 1 saturated carbocycles. The van der Waals surface area contributed by atoms with Crippen LogP contribution in [0.4, 0.5) is 36.4 Å². The molecular weight excluding hydrogens is 740 g/mol.